The number of hydrogen-bond acceptors (Lipinski definition) is 2. The molecule has 0 saturated heterocycles. The highest BCUT2D eigenvalue weighted by molar-refractivity contribution is 5.83. The number of allylic oxidation sites excluding steroid dienone is 4. The van der Waals surface area contributed by atoms with Crippen molar-refractivity contribution in [3.8, 4) is 5.75 Å². The molecule has 2 heteroatoms. The largest absolute Gasteiger partial charge is 0.496 e. The molecule has 2 nitrogen and oxygen atoms in total. The first kappa shape index (κ1) is 11.5. The van der Waals surface area contributed by atoms with E-state index in [0.717, 1.165) is 31.6 Å². The van der Waals surface area contributed by atoms with Gasteiger partial charge in [-0.3, -0.25) is 0 Å². The number of hydrogen-bond donors (Lipinski definition) is 1. The fourth-order valence-electron chi connectivity index (χ4n) is 3.11. The molecule has 0 radical (unpaired) electrons. The van der Waals surface area contributed by atoms with E-state index in [4.69, 9.17) is 10.5 Å². The molecule has 3 rings (SSSR count). The van der Waals surface area contributed by atoms with Crippen LogP contribution in [0.2, 0.25) is 0 Å². The number of ether oxygens (including phenoxy) is 1. The van der Waals surface area contributed by atoms with E-state index in [9.17, 15) is 0 Å². The Morgan fingerprint density at radius 3 is 3.06 bits per heavy atom. The third-order valence-corrected chi connectivity index (χ3v) is 3.92. The Hall–Kier alpha value is -1.54. The smallest absolute Gasteiger partial charge is 0.122 e. The molecular weight excluding hydrogens is 222 g/mol. The summed E-state index contributed by atoms with van der Waals surface area (Å²) in [5, 5.41) is 0. The molecule has 1 unspecified atom stereocenters. The van der Waals surface area contributed by atoms with Crippen LogP contribution in [0.25, 0.3) is 5.57 Å². The summed E-state index contributed by atoms with van der Waals surface area (Å²) >= 11 is 0. The zero-order valence-electron chi connectivity index (χ0n) is 10.8. The van der Waals surface area contributed by atoms with Crippen molar-refractivity contribution >= 4 is 5.57 Å². The Balaban J connectivity index is 2.13. The van der Waals surface area contributed by atoms with Crippen LogP contribution in [-0.4, -0.2) is 13.7 Å². The van der Waals surface area contributed by atoms with E-state index < -0.39 is 0 Å². The van der Waals surface area contributed by atoms with Gasteiger partial charge in [-0.15, -0.1) is 0 Å². The summed E-state index contributed by atoms with van der Waals surface area (Å²) in [7, 11) is 1.76. The maximum absolute atomic E-state index is 5.70. The molecule has 1 aromatic carbocycles. The fraction of sp³-hybridized carbons (Fsp3) is 0.375. The van der Waals surface area contributed by atoms with E-state index in [1.165, 1.54) is 22.3 Å². The van der Waals surface area contributed by atoms with Crippen molar-refractivity contribution in [2.75, 3.05) is 13.7 Å². The van der Waals surface area contributed by atoms with Gasteiger partial charge in [0.25, 0.3) is 0 Å². The van der Waals surface area contributed by atoms with Gasteiger partial charge in [0.15, 0.2) is 0 Å². The quantitative estimate of drug-likeness (QED) is 0.883. The third kappa shape index (κ3) is 1.77. The fourth-order valence-corrected chi connectivity index (χ4v) is 3.11. The molecule has 94 valence electrons. The molecule has 0 heterocycles. The number of nitrogens with two attached hydrogens (primary N) is 1. The summed E-state index contributed by atoms with van der Waals surface area (Å²) in [5.74, 6) is 1.57. The summed E-state index contributed by atoms with van der Waals surface area (Å²) in [6.07, 6.45) is 10.0. The molecule has 2 aliphatic carbocycles. The minimum Gasteiger partial charge on any atom is -0.496 e. The molecule has 0 spiro atoms. The predicted octanol–water partition coefficient (Wildman–Crippen LogP) is 2.71. The van der Waals surface area contributed by atoms with E-state index in [1.807, 2.05) is 0 Å². The van der Waals surface area contributed by atoms with Gasteiger partial charge in [-0.05, 0) is 54.5 Å². The van der Waals surface area contributed by atoms with Crippen molar-refractivity contribution in [2.45, 2.75) is 19.3 Å². The SMILES string of the molecule is COc1ccc2c3c1CC(CCN)C=C3C=CC2. The highest BCUT2D eigenvalue weighted by atomic mass is 16.5. The molecule has 2 aliphatic rings. The minimum atomic E-state index is 0.546. The van der Waals surface area contributed by atoms with Crippen LogP contribution >= 0.6 is 0 Å². The first-order valence-electron chi connectivity index (χ1n) is 6.61. The van der Waals surface area contributed by atoms with Crippen LogP contribution in [0.3, 0.4) is 0 Å². The molecule has 0 bridgehead atoms. The van der Waals surface area contributed by atoms with Crippen molar-refractivity contribution in [3.05, 3.63) is 47.1 Å². The van der Waals surface area contributed by atoms with Crippen molar-refractivity contribution in [3.63, 3.8) is 0 Å². The van der Waals surface area contributed by atoms with Gasteiger partial charge in [0, 0.05) is 5.56 Å². The molecule has 0 amide bonds. The zero-order valence-corrected chi connectivity index (χ0v) is 10.8. The molecule has 0 saturated carbocycles. The highest BCUT2D eigenvalue weighted by Gasteiger charge is 2.24. The van der Waals surface area contributed by atoms with Crippen LogP contribution in [0.15, 0.2) is 30.4 Å². The lowest BCUT2D eigenvalue weighted by Gasteiger charge is -2.28. The van der Waals surface area contributed by atoms with Crippen molar-refractivity contribution in [1.29, 1.82) is 0 Å². The first-order valence-corrected chi connectivity index (χ1v) is 6.61. The first-order chi connectivity index (χ1) is 8.83. The minimum absolute atomic E-state index is 0.546. The van der Waals surface area contributed by atoms with Gasteiger partial charge in [0.05, 0.1) is 7.11 Å². The number of benzene rings is 1. The molecule has 2 N–H and O–H groups in total. The Morgan fingerprint density at radius 2 is 2.28 bits per heavy atom. The monoisotopic (exact) mass is 241 g/mol. The molecule has 0 aromatic heterocycles. The summed E-state index contributed by atoms with van der Waals surface area (Å²) in [6, 6.07) is 4.30. The topological polar surface area (TPSA) is 35.2 Å². The lowest BCUT2D eigenvalue weighted by atomic mass is 9.78. The van der Waals surface area contributed by atoms with Gasteiger partial charge < -0.3 is 10.5 Å². The van der Waals surface area contributed by atoms with E-state index in [-0.39, 0.29) is 0 Å². The zero-order chi connectivity index (χ0) is 12.5. The maximum atomic E-state index is 5.70. The molecule has 0 aliphatic heterocycles. The Bertz CT molecular complexity index is 528. The Morgan fingerprint density at radius 1 is 1.39 bits per heavy atom. The van der Waals surface area contributed by atoms with Crippen LogP contribution in [0.4, 0.5) is 0 Å². The van der Waals surface area contributed by atoms with Crippen LogP contribution < -0.4 is 10.5 Å². The van der Waals surface area contributed by atoms with Gasteiger partial charge in [0.2, 0.25) is 0 Å². The second-order valence-corrected chi connectivity index (χ2v) is 5.05. The van der Waals surface area contributed by atoms with E-state index in [0.29, 0.717) is 5.92 Å². The van der Waals surface area contributed by atoms with Crippen LogP contribution in [0, 0.1) is 5.92 Å². The number of rotatable bonds is 3. The highest BCUT2D eigenvalue weighted by Crippen LogP contribution is 2.40. The summed E-state index contributed by atoms with van der Waals surface area (Å²) < 4.78 is 5.53. The Labute approximate surface area is 108 Å². The van der Waals surface area contributed by atoms with Gasteiger partial charge in [-0.2, -0.15) is 0 Å². The average molecular weight is 241 g/mol. The molecule has 1 aromatic rings. The second-order valence-electron chi connectivity index (χ2n) is 5.05. The van der Waals surface area contributed by atoms with Crippen molar-refractivity contribution < 1.29 is 4.74 Å². The maximum Gasteiger partial charge on any atom is 0.122 e. The summed E-state index contributed by atoms with van der Waals surface area (Å²) in [4.78, 5) is 0. The van der Waals surface area contributed by atoms with E-state index in [2.05, 4.69) is 30.4 Å². The van der Waals surface area contributed by atoms with Crippen LogP contribution in [-0.2, 0) is 12.8 Å². The lowest BCUT2D eigenvalue weighted by molar-refractivity contribution is 0.405. The third-order valence-electron chi connectivity index (χ3n) is 3.92. The van der Waals surface area contributed by atoms with Gasteiger partial charge in [-0.1, -0.05) is 24.3 Å². The molecule has 0 fully saturated rings. The molecular formula is C16H19NO. The molecule has 18 heavy (non-hydrogen) atoms. The predicted molar refractivity (Wildman–Crippen MR) is 74.7 cm³/mol. The Kier molecular flexibility index (Phi) is 2.96. The van der Waals surface area contributed by atoms with E-state index in [1.54, 1.807) is 7.11 Å². The van der Waals surface area contributed by atoms with Gasteiger partial charge in [0.1, 0.15) is 5.75 Å². The van der Waals surface area contributed by atoms with Crippen molar-refractivity contribution in [2.24, 2.45) is 11.7 Å². The molecule has 1 atom stereocenters. The van der Waals surface area contributed by atoms with Gasteiger partial charge >= 0.3 is 0 Å². The van der Waals surface area contributed by atoms with Crippen LogP contribution in [0.1, 0.15) is 23.1 Å². The van der Waals surface area contributed by atoms with E-state index >= 15 is 0 Å². The van der Waals surface area contributed by atoms with Crippen LogP contribution in [0.5, 0.6) is 5.75 Å². The average Bonchev–Trinajstić information content (AvgIpc) is 2.40. The second kappa shape index (κ2) is 4.62. The normalized spacial score (nSPS) is 20.3. The summed E-state index contributed by atoms with van der Waals surface area (Å²) in [5.41, 5.74) is 11.3. The van der Waals surface area contributed by atoms with Crippen molar-refractivity contribution in [1.82, 2.24) is 0 Å². The summed E-state index contributed by atoms with van der Waals surface area (Å²) in [6.45, 7) is 0.746. The standard InChI is InChI=1S/C16H19NO/c1-18-15-6-5-12-3-2-4-13-9-11(7-8-17)10-14(15)16(12)13/h2,4-6,9,11H,3,7-8,10,17H2,1H3. The lowest BCUT2D eigenvalue weighted by Crippen LogP contribution is -2.17. The number of methoxy groups -OCH3 is 1. The van der Waals surface area contributed by atoms with Gasteiger partial charge in [-0.25, -0.2) is 0 Å².